The molecule has 4 unspecified atom stereocenters. The molecular formula is C27H33N3O3. The van der Waals surface area contributed by atoms with Crippen molar-refractivity contribution in [3.05, 3.63) is 63.6 Å². The maximum Gasteiger partial charge on any atom is 0.320 e. The van der Waals surface area contributed by atoms with Gasteiger partial charge in [-0.05, 0) is 53.9 Å². The molecule has 2 fully saturated rings. The van der Waals surface area contributed by atoms with Crippen molar-refractivity contribution >= 4 is 6.03 Å². The number of likely N-dealkylation sites (tertiary alicyclic amines) is 2. The van der Waals surface area contributed by atoms with Gasteiger partial charge in [0.25, 0.3) is 5.56 Å². The lowest BCUT2D eigenvalue weighted by Gasteiger charge is -2.61. The van der Waals surface area contributed by atoms with Gasteiger partial charge in [0.15, 0.2) is 0 Å². The minimum Gasteiger partial charge on any atom is -0.508 e. The van der Waals surface area contributed by atoms with Gasteiger partial charge in [0.1, 0.15) is 5.75 Å². The van der Waals surface area contributed by atoms with Gasteiger partial charge in [-0.3, -0.25) is 4.79 Å². The van der Waals surface area contributed by atoms with E-state index in [0.29, 0.717) is 37.7 Å². The summed E-state index contributed by atoms with van der Waals surface area (Å²) < 4.78 is 1.91. The summed E-state index contributed by atoms with van der Waals surface area (Å²) in [4.78, 5) is 30.5. The van der Waals surface area contributed by atoms with Gasteiger partial charge in [0.05, 0.1) is 0 Å². The topological polar surface area (TPSA) is 65.8 Å². The fraction of sp³-hybridized carbons (Fsp3) is 0.556. The van der Waals surface area contributed by atoms with E-state index >= 15 is 0 Å². The number of hydrogen-bond acceptors (Lipinski definition) is 3. The summed E-state index contributed by atoms with van der Waals surface area (Å²) in [6.45, 7) is 9.69. The van der Waals surface area contributed by atoms with E-state index in [4.69, 9.17) is 0 Å². The zero-order valence-electron chi connectivity index (χ0n) is 19.8. The molecule has 4 atom stereocenters. The number of rotatable bonds is 0. The summed E-state index contributed by atoms with van der Waals surface area (Å²) in [5.41, 5.74) is 3.20. The first-order chi connectivity index (χ1) is 15.7. The summed E-state index contributed by atoms with van der Waals surface area (Å²) in [6.07, 6.45) is 2.62. The Bertz CT molecular complexity index is 1200. The molecule has 3 aliphatic heterocycles. The van der Waals surface area contributed by atoms with Crippen LogP contribution in [0.5, 0.6) is 5.75 Å². The van der Waals surface area contributed by atoms with Crippen LogP contribution in [0.1, 0.15) is 56.4 Å². The van der Waals surface area contributed by atoms with E-state index in [2.05, 4.69) is 31.7 Å². The Morgan fingerprint density at radius 2 is 1.85 bits per heavy atom. The van der Waals surface area contributed by atoms with Crippen LogP contribution in [0.25, 0.3) is 0 Å². The number of urea groups is 1. The second kappa shape index (κ2) is 6.87. The Hall–Kier alpha value is -2.76. The molecule has 2 saturated heterocycles. The van der Waals surface area contributed by atoms with E-state index < -0.39 is 0 Å². The van der Waals surface area contributed by atoms with Crippen LogP contribution in [0.15, 0.2) is 41.2 Å². The number of carbonyl (C=O) groups excluding carboxylic acids is 1. The van der Waals surface area contributed by atoms with Gasteiger partial charge in [-0.15, -0.1) is 0 Å². The number of phenolic OH excluding ortho intramolecular Hbond substituents is 1. The second-order valence-corrected chi connectivity index (χ2v) is 11.4. The number of pyridine rings is 1. The number of fused-ring (bicyclic) bond motifs is 8. The number of piperidine rings is 2. The molecule has 6 heteroatoms. The fourth-order valence-electron chi connectivity index (χ4n) is 7.39. The lowest BCUT2D eigenvalue weighted by Crippen LogP contribution is -2.67. The number of aromatic hydroxyl groups is 1. The zero-order valence-corrected chi connectivity index (χ0v) is 19.8. The summed E-state index contributed by atoms with van der Waals surface area (Å²) >= 11 is 0. The zero-order chi connectivity index (χ0) is 23.1. The third-order valence-electron chi connectivity index (χ3n) is 9.62. The molecule has 33 heavy (non-hydrogen) atoms. The highest BCUT2D eigenvalue weighted by Gasteiger charge is 2.58. The molecule has 6 rings (SSSR count). The third-order valence-corrected chi connectivity index (χ3v) is 9.62. The molecule has 1 N–H and O–H groups in total. The Labute approximate surface area is 194 Å². The molecule has 2 aromatic rings. The maximum atomic E-state index is 14.0. The Balaban J connectivity index is 1.32. The number of nitrogens with zero attached hydrogens (tertiary/aromatic N) is 3. The third kappa shape index (κ3) is 2.79. The molecule has 0 spiro atoms. The quantitative estimate of drug-likeness (QED) is 0.670. The standard InChI is InChI=1S/C27H33N3O3/c1-26(2)23-13-19-20(6-4-8-22(19)31)27(26,3)10-11-29(23)25(33)28-14-17-12-18(16-28)21-7-5-9-24(32)30(21)15-17/h4-9,17-18,23,31H,10-16H2,1-3H3. The Morgan fingerprint density at radius 1 is 1.06 bits per heavy atom. The lowest BCUT2D eigenvalue weighted by molar-refractivity contribution is -0.0275. The summed E-state index contributed by atoms with van der Waals surface area (Å²) in [5, 5.41) is 10.7. The predicted molar refractivity (Wildman–Crippen MR) is 127 cm³/mol. The van der Waals surface area contributed by atoms with Crippen molar-refractivity contribution in [1.82, 2.24) is 14.4 Å². The molecule has 4 aliphatic rings. The molecule has 1 aromatic heterocycles. The van der Waals surface area contributed by atoms with Gasteiger partial charge < -0.3 is 19.5 Å². The first kappa shape index (κ1) is 20.8. The lowest BCUT2D eigenvalue weighted by atomic mass is 9.51. The summed E-state index contributed by atoms with van der Waals surface area (Å²) in [5.74, 6) is 0.886. The smallest absolute Gasteiger partial charge is 0.320 e. The van der Waals surface area contributed by atoms with Crippen molar-refractivity contribution in [1.29, 1.82) is 0 Å². The fourth-order valence-corrected chi connectivity index (χ4v) is 7.39. The SMILES string of the molecule is CC12CCN(C(=O)N3CC4CC(C3)c3cccc(=O)n3C4)C(Cc3c(O)cccc31)C2(C)C. The number of hydrogen-bond donors (Lipinski definition) is 1. The van der Waals surface area contributed by atoms with Crippen molar-refractivity contribution < 1.29 is 9.90 Å². The average Bonchev–Trinajstić information content (AvgIpc) is 2.77. The van der Waals surface area contributed by atoms with Crippen molar-refractivity contribution in [2.24, 2.45) is 11.3 Å². The molecule has 4 heterocycles. The van der Waals surface area contributed by atoms with Gasteiger partial charge in [-0.1, -0.05) is 39.0 Å². The van der Waals surface area contributed by atoms with Crippen molar-refractivity contribution in [3.63, 3.8) is 0 Å². The normalized spacial score (nSPS) is 31.5. The van der Waals surface area contributed by atoms with E-state index in [0.717, 1.165) is 30.6 Å². The molecule has 174 valence electrons. The van der Waals surface area contributed by atoms with Gasteiger partial charge in [-0.25, -0.2) is 4.79 Å². The highest BCUT2D eigenvalue weighted by atomic mass is 16.3. The molecule has 2 amide bonds. The molecule has 1 aliphatic carbocycles. The van der Waals surface area contributed by atoms with Crippen LogP contribution in [-0.2, 0) is 18.4 Å². The number of phenols is 1. The van der Waals surface area contributed by atoms with Crippen molar-refractivity contribution in [2.45, 2.75) is 64.0 Å². The van der Waals surface area contributed by atoms with Gasteiger partial charge in [0, 0.05) is 55.3 Å². The van der Waals surface area contributed by atoms with Crippen LogP contribution in [0, 0.1) is 11.3 Å². The molecule has 1 aromatic carbocycles. The molecule has 6 nitrogen and oxygen atoms in total. The van der Waals surface area contributed by atoms with Gasteiger partial charge >= 0.3 is 6.03 Å². The van der Waals surface area contributed by atoms with Crippen LogP contribution in [-0.4, -0.2) is 51.2 Å². The average molecular weight is 448 g/mol. The predicted octanol–water partition coefficient (Wildman–Crippen LogP) is 3.71. The number of aromatic nitrogens is 1. The molecule has 4 bridgehead atoms. The minimum atomic E-state index is -0.104. The molecular weight excluding hydrogens is 414 g/mol. The highest BCUT2D eigenvalue weighted by Crippen LogP contribution is 2.57. The Morgan fingerprint density at radius 3 is 2.67 bits per heavy atom. The second-order valence-electron chi connectivity index (χ2n) is 11.4. The summed E-state index contributed by atoms with van der Waals surface area (Å²) in [7, 11) is 0. The first-order valence-electron chi connectivity index (χ1n) is 12.3. The van der Waals surface area contributed by atoms with Crippen LogP contribution >= 0.6 is 0 Å². The monoisotopic (exact) mass is 447 g/mol. The van der Waals surface area contributed by atoms with E-state index in [-0.39, 0.29) is 34.4 Å². The molecule has 0 saturated carbocycles. The van der Waals surface area contributed by atoms with Crippen molar-refractivity contribution in [2.75, 3.05) is 19.6 Å². The largest absolute Gasteiger partial charge is 0.508 e. The maximum absolute atomic E-state index is 14.0. The van der Waals surface area contributed by atoms with Crippen LogP contribution in [0.4, 0.5) is 4.79 Å². The first-order valence-corrected chi connectivity index (χ1v) is 12.3. The van der Waals surface area contributed by atoms with E-state index in [1.54, 1.807) is 12.1 Å². The van der Waals surface area contributed by atoms with Gasteiger partial charge in [0.2, 0.25) is 0 Å². The number of benzene rings is 1. The minimum absolute atomic E-state index is 0.0428. The number of carbonyl (C=O) groups is 1. The van der Waals surface area contributed by atoms with E-state index in [9.17, 15) is 14.7 Å². The van der Waals surface area contributed by atoms with E-state index in [1.165, 1.54) is 5.56 Å². The van der Waals surface area contributed by atoms with Crippen LogP contribution < -0.4 is 5.56 Å². The molecule has 0 radical (unpaired) electrons. The van der Waals surface area contributed by atoms with Gasteiger partial charge in [-0.2, -0.15) is 0 Å². The van der Waals surface area contributed by atoms with E-state index in [1.807, 2.05) is 27.7 Å². The summed E-state index contributed by atoms with van der Waals surface area (Å²) in [6, 6.07) is 11.6. The Kier molecular flexibility index (Phi) is 4.34. The number of amides is 2. The highest BCUT2D eigenvalue weighted by molar-refractivity contribution is 5.76. The van der Waals surface area contributed by atoms with Crippen LogP contribution in [0.2, 0.25) is 0 Å². The van der Waals surface area contributed by atoms with Crippen LogP contribution in [0.3, 0.4) is 0 Å². The van der Waals surface area contributed by atoms with Crippen molar-refractivity contribution in [3.8, 4) is 5.75 Å².